The monoisotopic (exact) mass is 365 g/mol. The lowest BCUT2D eigenvalue weighted by atomic mass is 10.2. The van der Waals surface area contributed by atoms with Crippen molar-refractivity contribution in [2.24, 2.45) is 16.6 Å². The van der Waals surface area contributed by atoms with Crippen molar-refractivity contribution in [3.63, 3.8) is 0 Å². The molecule has 1 aromatic carbocycles. The molecular weight excluding hydrogens is 345 g/mol. The van der Waals surface area contributed by atoms with Gasteiger partial charge in [-0.15, -0.1) is 24.0 Å². The van der Waals surface area contributed by atoms with Gasteiger partial charge in [0.25, 0.3) is 0 Å². The fourth-order valence-corrected chi connectivity index (χ4v) is 1.17. The number of aliphatic hydroxyl groups excluding tert-OH is 1. The van der Waals surface area contributed by atoms with Crippen LogP contribution < -0.4 is 15.8 Å². The highest BCUT2D eigenvalue weighted by Gasteiger charge is 1.99. The van der Waals surface area contributed by atoms with Crippen LogP contribution in [0.4, 0.5) is 5.69 Å². The number of benzene rings is 1. The fraction of sp³-hybridized carbons (Fsp3) is 0.417. The molecule has 0 aliphatic heterocycles. The molecule has 1 atom stereocenters. The van der Waals surface area contributed by atoms with Crippen LogP contribution in [0.1, 0.15) is 6.92 Å². The Bertz CT molecular complexity index is 368. The molecule has 102 valence electrons. The van der Waals surface area contributed by atoms with Crippen LogP contribution >= 0.6 is 24.0 Å². The number of nitrogens with one attached hydrogen (secondary N) is 1. The van der Waals surface area contributed by atoms with Gasteiger partial charge in [0.05, 0.1) is 7.11 Å². The first-order chi connectivity index (χ1) is 8.15. The van der Waals surface area contributed by atoms with Crippen LogP contribution in [-0.2, 0) is 0 Å². The summed E-state index contributed by atoms with van der Waals surface area (Å²) < 4.78 is 5.05. The normalized spacial score (nSPS) is 12.5. The molecule has 0 fully saturated rings. The van der Waals surface area contributed by atoms with E-state index >= 15 is 0 Å². The number of rotatable bonds is 5. The van der Waals surface area contributed by atoms with Crippen molar-refractivity contribution in [1.82, 2.24) is 0 Å². The molecule has 5 nitrogen and oxygen atoms in total. The molecule has 0 saturated carbocycles. The van der Waals surface area contributed by atoms with Crippen molar-refractivity contribution in [3.8, 4) is 5.75 Å². The molecule has 1 aromatic rings. The highest BCUT2D eigenvalue weighted by atomic mass is 127. The summed E-state index contributed by atoms with van der Waals surface area (Å²) in [5, 5.41) is 11.8. The van der Waals surface area contributed by atoms with Crippen LogP contribution in [0.5, 0.6) is 5.75 Å². The maximum Gasteiger partial charge on any atom is 0.193 e. The zero-order valence-electron chi connectivity index (χ0n) is 10.6. The summed E-state index contributed by atoms with van der Waals surface area (Å²) in [6.45, 7) is 2.52. The first-order valence-corrected chi connectivity index (χ1v) is 5.47. The maximum absolute atomic E-state index is 8.85. The molecule has 0 heterocycles. The van der Waals surface area contributed by atoms with E-state index in [2.05, 4.69) is 10.3 Å². The fourth-order valence-electron chi connectivity index (χ4n) is 1.17. The van der Waals surface area contributed by atoms with E-state index in [9.17, 15) is 0 Å². The summed E-state index contributed by atoms with van der Waals surface area (Å²) >= 11 is 0. The lowest BCUT2D eigenvalue weighted by Crippen LogP contribution is -2.23. The van der Waals surface area contributed by atoms with E-state index in [1.165, 1.54) is 0 Å². The molecule has 1 unspecified atom stereocenters. The van der Waals surface area contributed by atoms with Gasteiger partial charge in [0.1, 0.15) is 5.75 Å². The molecule has 4 N–H and O–H groups in total. The molecule has 1 rings (SSSR count). The van der Waals surface area contributed by atoms with E-state index in [4.69, 9.17) is 15.6 Å². The van der Waals surface area contributed by atoms with Crippen LogP contribution in [0.15, 0.2) is 29.3 Å². The van der Waals surface area contributed by atoms with E-state index in [1.807, 2.05) is 31.2 Å². The number of hydrogen-bond donors (Lipinski definition) is 3. The lowest BCUT2D eigenvalue weighted by molar-refractivity contribution is 0.242. The van der Waals surface area contributed by atoms with Gasteiger partial charge in [0.2, 0.25) is 0 Å². The van der Waals surface area contributed by atoms with Crippen molar-refractivity contribution in [3.05, 3.63) is 24.3 Å². The largest absolute Gasteiger partial charge is 0.497 e. The van der Waals surface area contributed by atoms with Crippen LogP contribution in [0.3, 0.4) is 0 Å². The third kappa shape index (κ3) is 6.06. The Morgan fingerprint density at radius 2 is 2.06 bits per heavy atom. The minimum atomic E-state index is 0. The van der Waals surface area contributed by atoms with Gasteiger partial charge in [-0.3, -0.25) is 4.99 Å². The average molecular weight is 365 g/mol. The van der Waals surface area contributed by atoms with Gasteiger partial charge in [-0.1, -0.05) is 6.92 Å². The number of aliphatic hydroxyl groups is 1. The standard InChI is InChI=1S/C12H19N3O2.HI/c1-9(8-16)7-14-12(13)15-10-3-5-11(17-2)6-4-10;/h3-6,9,16H,7-8H2,1-2H3,(H3,13,14,15);1H. The predicted molar refractivity (Wildman–Crippen MR) is 84.8 cm³/mol. The van der Waals surface area contributed by atoms with Crippen molar-refractivity contribution < 1.29 is 9.84 Å². The highest BCUT2D eigenvalue weighted by molar-refractivity contribution is 14.0. The third-order valence-corrected chi connectivity index (χ3v) is 2.25. The molecule has 6 heteroatoms. The Morgan fingerprint density at radius 1 is 1.44 bits per heavy atom. The number of ether oxygens (including phenoxy) is 1. The summed E-state index contributed by atoms with van der Waals surface area (Å²) in [4.78, 5) is 4.12. The number of halogens is 1. The maximum atomic E-state index is 8.85. The van der Waals surface area contributed by atoms with Crippen molar-refractivity contribution >= 4 is 35.6 Å². The van der Waals surface area contributed by atoms with Gasteiger partial charge < -0.3 is 20.9 Å². The Morgan fingerprint density at radius 3 is 2.56 bits per heavy atom. The minimum Gasteiger partial charge on any atom is -0.497 e. The molecule has 0 amide bonds. The number of hydrogen-bond acceptors (Lipinski definition) is 3. The Hall–Kier alpha value is -1.02. The summed E-state index contributed by atoms with van der Waals surface area (Å²) in [5.74, 6) is 1.25. The van der Waals surface area contributed by atoms with Crippen molar-refractivity contribution in [2.75, 3.05) is 25.6 Å². The highest BCUT2D eigenvalue weighted by Crippen LogP contribution is 2.14. The second kappa shape index (κ2) is 8.98. The molecule has 0 aromatic heterocycles. The Labute approximate surface area is 124 Å². The summed E-state index contributed by atoms with van der Waals surface area (Å²) in [7, 11) is 1.62. The molecule has 0 aliphatic carbocycles. The van der Waals surface area contributed by atoms with E-state index in [-0.39, 0.29) is 36.5 Å². The minimum absolute atomic E-state index is 0. The quantitative estimate of drug-likeness (QED) is 0.421. The van der Waals surface area contributed by atoms with Gasteiger partial charge in [-0.05, 0) is 30.2 Å². The second-order valence-corrected chi connectivity index (χ2v) is 3.87. The van der Waals surface area contributed by atoms with Crippen LogP contribution in [0.2, 0.25) is 0 Å². The number of aliphatic imine (C=N–C) groups is 1. The zero-order valence-corrected chi connectivity index (χ0v) is 12.9. The van der Waals surface area contributed by atoms with Gasteiger partial charge in [0, 0.05) is 18.8 Å². The topological polar surface area (TPSA) is 79.9 Å². The van der Waals surface area contributed by atoms with Gasteiger partial charge in [-0.2, -0.15) is 0 Å². The smallest absolute Gasteiger partial charge is 0.193 e. The van der Waals surface area contributed by atoms with Gasteiger partial charge in [0.15, 0.2) is 5.96 Å². The van der Waals surface area contributed by atoms with Gasteiger partial charge >= 0.3 is 0 Å². The van der Waals surface area contributed by atoms with E-state index in [0.29, 0.717) is 12.5 Å². The van der Waals surface area contributed by atoms with Crippen LogP contribution in [-0.4, -0.2) is 31.3 Å². The molecular formula is C12H20IN3O2. The van der Waals surface area contributed by atoms with Crippen LogP contribution in [0, 0.1) is 5.92 Å². The van der Waals surface area contributed by atoms with Crippen LogP contribution in [0.25, 0.3) is 0 Å². The molecule has 0 aliphatic rings. The summed E-state index contributed by atoms with van der Waals surface area (Å²) in [6.07, 6.45) is 0. The zero-order chi connectivity index (χ0) is 12.7. The Kier molecular flexibility index (Phi) is 8.47. The first kappa shape index (κ1) is 17.0. The van der Waals surface area contributed by atoms with E-state index in [0.717, 1.165) is 11.4 Å². The summed E-state index contributed by atoms with van der Waals surface area (Å²) in [6, 6.07) is 7.39. The SMILES string of the molecule is COc1ccc(NC(N)=NCC(C)CO)cc1.I. The number of guanidine groups is 1. The predicted octanol–water partition coefficient (Wildman–Crippen LogP) is 1.67. The Balaban J connectivity index is 0.00000289. The molecule has 0 saturated heterocycles. The van der Waals surface area contributed by atoms with E-state index in [1.54, 1.807) is 7.11 Å². The van der Waals surface area contributed by atoms with Gasteiger partial charge in [-0.25, -0.2) is 0 Å². The van der Waals surface area contributed by atoms with Crippen molar-refractivity contribution in [2.45, 2.75) is 6.92 Å². The van der Waals surface area contributed by atoms with Crippen molar-refractivity contribution in [1.29, 1.82) is 0 Å². The number of nitrogens with zero attached hydrogens (tertiary/aromatic N) is 1. The second-order valence-electron chi connectivity index (χ2n) is 3.87. The lowest BCUT2D eigenvalue weighted by Gasteiger charge is -2.08. The third-order valence-electron chi connectivity index (χ3n) is 2.25. The average Bonchev–Trinajstić information content (AvgIpc) is 2.36. The molecule has 0 bridgehead atoms. The molecule has 0 radical (unpaired) electrons. The molecule has 0 spiro atoms. The molecule has 18 heavy (non-hydrogen) atoms. The first-order valence-electron chi connectivity index (χ1n) is 5.47. The van der Waals surface area contributed by atoms with E-state index < -0.39 is 0 Å². The number of anilines is 1. The number of methoxy groups -OCH3 is 1. The number of nitrogens with two attached hydrogens (primary N) is 1. The summed E-state index contributed by atoms with van der Waals surface area (Å²) in [5.41, 5.74) is 6.56.